The molecule has 7 nitrogen and oxygen atoms in total. The Bertz CT molecular complexity index is 1110. The Kier molecular flexibility index (Phi) is 10.0. The van der Waals surface area contributed by atoms with Crippen LogP contribution in [0, 0.1) is 11.3 Å². The van der Waals surface area contributed by atoms with E-state index in [-0.39, 0.29) is 36.0 Å². The first-order valence-electron chi connectivity index (χ1n) is 13.4. The number of rotatable bonds is 8. The van der Waals surface area contributed by atoms with Gasteiger partial charge in [0.15, 0.2) is 5.78 Å². The van der Waals surface area contributed by atoms with Gasteiger partial charge < -0.3 is 15.2 Å². The SMILES string of the molecule is C\C=C(/C=N\C(=C\CC)N1CCN(C(=O)C2CN(C3CC/C(=C(/C(=O)CC)C(F)(F)F)C3=N)C2)CC1)C(F)(F)F. The standard InChI is InChI=1S/C27H35F6N5O2/c1-4-7-22(35-14-18(5-2)26(28,29)30)36-10-12-37(13-11-36)25(40)17-15-38(16-17)20-9-8-19(24(20)34)23(21(39)6-3)27(31,32)33/h5,7,14,17,20,34H,4,6,8-13,15-16H2,1-3H3/b18-5+,22-7-,23-19+,34-24?,35-14-. The zero-order valence-corrected chi connectivity index (χ0v) is 22.8. The highest BCUT2D eigenvalue weighted by molar-refractivity contribution is 6.11. The van der Waals surface area contributed by atoms with E-state index < -0.39 is 35.3 Å². The molecule has 1 N–H and O–H groups in total. The van der Waals surface area contributed by atoms with E-state index in [0.29, 0.717) is 57.9 Å². The fraction of sp³-hybridized carbons (Fsp3) is 0.630. The fourth-order valence-corrected chi connectivity index (χ4v) is 5.29. The lowest BCUT2D eigenvalue weighted by Crippen LogP contribution is -2.60. The summed E-state index contributed by atoms with van der Waals surface area (Å²) >= 11 is 0. The summed E-state index contributed by atoms with van der Waals surface area (Å²) in [5.41, 5.74) is -2.52. The van der Waals surface area contributed by atoms with Crippen molar-refractivity contribution in [3.05, 3.63) is 34.7 Å². The number of ketones is 1. The normalized spacial score (nSPS) is 23.7. The summed E-state index contributed by atoms with van der Waals surface area (Å²) in [6.45, 7) is 6.66. The van der Waals surface area contributed by atoms with E-state index in [1.165, 1.54) is 13.8 Å². The summed E-state index contributed by atoms with van der Waals surface area (Å²) < 4.78 is 79.7. The van der Waals surface area contributed by atoms with Crippen LogP contribution in [-0.4, -0.2) is 96.0 Å². The van der Waals surface area contributed by atoms with Crippen LogP contribution in [0.4, 0.5) is 26.3 Å². The number of aliphatic imine (C=N–C) groups is 1. The zero-order chi connectivity index (χ0) is 29.8. The maximum absolute atomic E-state index is 13.5. The Hall–Kier alpha value is -2.96. The lowest BCUT2D eigenvalue weighted by molar-refractivity contribution is -0.143. The number of carbonyl (C=O) groups excluding carboxylic acids is 2. The van der Waals surface area contributed by atoms with Crippen LogP contribution in [0.2, 0.25) is 0 Å². The zero-order valence-electron chi connectivity index (χ0n) is 22.8. The van der Waals surface area contributed by atoms with Gasteiger partial charge in [0.05, 0.1) is 23.2 Å². The molecule has 0 aromatic rings. The number of halogens is 6. The molecule has 0 spiro atoms. The van der Waals surface area contributed by atoms with E-state index in [1.807, 2.05) is 16.7 Å². The van der Waals surface area contributed by atoms with Gasteiger partial charge in [0, 0.05) is 51.9 Å². The summed E-state index contributed by atoms with van der Waals surface area (Å²) in [5, 5.41) is 8.35. The Morgan fingerprint density at radius 3 is 2.10 bits per heavy atom. The van der Waals surface area contributed by atoms with Crippen molar-refractivity contribution in [2.75, 3.05) is 39.3 Å². The molecule has 1 atom stereocenters. The molecule has 0 bridgehead atoms. The van der Waals surface area contributed by atoms with Gasteiger partial charge in [0.2, 0.25) is 5.91 Å². The monoisotopic (exact) mass is 575 g/mol. The minimum Gasteiger partial charge on any atom is -0.353 e. The number of nitrogens with zero attached hydrogens (tertiary/aromatic N) is 4. The molecule has 3 fully saturated rings. The fourth-order valence-electron chi connectivity index (χ4n) is 5.29. The van der Waals surface area contributed by atoms with Gasteiger partial charge in [-0.05, 0) is 37.8 Å². The van der Waals surface area contributed by atoms with Gasteiger partial charge in [-0.15, -0.1) is 0 Å². The highest BCUT2D eigenvalue weighted by Crippen LogP contribution is 2.38. The van der Waals surface area contributed by atoms with E-state index in [0.717, 1.165) is 12.3 Å². The second-order valence-electron chi connectivity index (χ2n) is 10.0. The molecule has 2 saturated heterocycles. The van der Waals surface area contributed by atoms with Crippen molar-refractivity contribution in [1.29, 1.82) is 5.41 Å². The molecule has 1 aliphatic carbocycles. The quantitative estimate of drug-likeness (QED) is 0.253. The molecule has 3 aliphatic rings. The van der Waals surface area contributed by atoms with Gasteiger partial charge in [-0.25, -0.2) is 4.99 Å². The lowest BCUT2D eigenvalue weighted by atomic mass is 9.93. The van der Waals surface area contributed by atoms with Crippen molar-refractivity contribution >= 4 is 23.6 Å². The number of amides is 1. The van der Waals surface area contributed by atoms with Crippen LogP contribution in [0.15, 0.2) is 39.7 Å². The van der Waals surface area contributed by atoms with Crippen LogP contribution in [0.1, 0.15) is 46.5 Å². The first-order chi connectivity index (χ1) is 18.7. The Balaban J connectivity index is 1.56. The molecule has 1 unspecified atom stereocenters. The predicted octanol–water partition coefficient (Wildman–Crippen LogP) is 4.91. The van der Waals surface area contributed by atoms with Gasteiger partial charge in [0.25, 0.3) is 0 Å². The van der Waals surface area contributed by atoms with Crippen molar-refractivity contribution in [3.8, 4) is 0 Å². The number of likely N-dealkylation sites (tertiary alicyclic amines) is 1. The Morgan fingerprint density at radius 1 is 1.00 bits per heavy atom. The molecule has 1 amide bonds. The van der Waals surface area contributed by atoms with Crippen molar-refractivity contribution < 1.29 is 35.9 Å². The number of carbonyl (C=O) groups is 2. The van der Waals surface area contributed by atoms with Crippen molar-refractivity contribution in [1.82, 2.24) is 14.7 Å². The Morgan fingerprint density at radius 2 is 1.60 bits per heavy atom. The minimum absolute atomic E-state index is 0.00421. The van der Waals surface area contributed by atoms with E-state index in [9.17, 15) is 35.9 Å². The molecule has 1 saturated carbocycles. The highest BCUT2D eigenvalue weighted by Gasteiger charge is 2.47. The van der Waals surface area contributed by atoms with Crippen LogP contribution in [0.25, 0.3) is 0 Å². The third kappa shape index (κ3) is 7.02. The van der Waals surface area contributed by atoms with Crippen LogP contribution in [0.5, 0.6) is 0 Å². The summed E-state index contributed by atoms with van der Waals surface area (Å²) in [6, 6.07) is -0.559. The molecule has 40 heavy (non-hydrogen) atoms. The number of alkyl halides is 6. The number of hydrogen-bond acceptors (Lipinski definition) is 6. The Labute approximate surface area is 229 Å². The molecular weight excluding hydrogens is 540 g/mol. The molecule has 0 radical (unpaired) electrons. The minimum atomic E-state index is -4.82. The second-order valence-corrected chi connectivity index (χ2v) is 10.0. The predicted molar refractivity (Wildman–Crippen MR) is 139 cm³/mol. The summed E-state index contributed by atoms with van der Waals surface area (Å²) in [7, 11) is 0. The average molecular weight is 576 g/mol. The van der Waals surface area contributed by atoms with E-state index in [2.05, 4.69) is 4.99 Å². The highest BCUT2D eigenvalue weighted by atomic mass is 19.4. The first kappa shape index (κ1) is 31.6. The summed E-state index contributed by atoms with van der Waals surface area (Å²) in [4.78, 5) is 34.5. The first-order valence-corrected chi connectivity index (χ1v) is 13.4. The maximum atomic E-state index is 13.5. The topological polar surface area (TPSA) is 80.1 Å². The van der Waals surface area contributed by atoms with Gasteiger partial charge in [0.1, 0.15) is 11.4 Å². The van der Waals surface area contributed by atoms with Gasteiger partial charge in [-0.1, -0.05) is 19.9 Å². The van der Waals surface area contributed by atoms with E-state index >= 15 is 0 Å². The van der Waals surface area contributed by atoms with Crippen molar-refractivity contribution in [2.45, 2.75) is 64.8 Å². The molecule has 222 valence electrons. The number of nitrogens with one attached hydrogen (secondary N) is 1. The van der Waals surface area contributed by atoms with E-state index in [1.54, 1.807) is 11.0 Å². The molecule has 0 aromatic heterocycles. The number of Topliss-reactive ketones (excluding diaryl/α,β-unsaturated/α-hetero) is 1. The number of allylic oxidation sites excluding steroid dienone is 4. The number of piperazine rings is 1. The van der Waals surface area contributed by atoms with Crippen LogP contribution < -0.4 is 0 Å². The lowest BCUT2D eigenvalue weighted by Gasteiger charge is -2.45. The van der Waals surface area contributed by atoms with Crippen LogP contribution in [-0.2, 0) is 9.59 Å². The van der Waals surface area contributed by atoms with E-state index in [4.69, 9.17) is 5.41 Å². The average Bonchev–Trinajstić information content (AvgIpc) is 3.21. The van der Waals surface area contributed by atoms with Gasteiger partial charge >= 0.3 is 12.4 Å². The van der Waals surface area contributed by atoms with Gasteiger partial charge in [-0.2, -0.15) is 26.3 Å². The molecule has 2 heterocycles. The maximum Gasteiger partial charge on any atom is 0.420 e. The molecule has 13 heteroatoms. The van der Waals surface area contributed by atoms with Crippen LogP contribution in [0.3, 0.4) is 0 Å². The van der Waals surface area contributed by atoms with Crippen LogP contribution >= 0.6 is 0 Å². The largest absolute Gasteiger partial charge is 0.420 e. The smallest absolute Gasteiger partial charge is 0.353 e. The molecule has 3 rings (SSSR count). The second kappa shape index (κ2) is 12.7. The molecule has 2 aliphatic heterocycles. The molecular formula is C27H35F6N5O2. The summed E-state index contributed by atoms with van der Waals surface area (Å²) in [5.74, 6) is -1.05. The summed E-state index contributed by atoms with van der Waals surface area (Å²) in [6.07, 6.45) is -5.25. The number of hydrogen-bond donors (Lipinski definition) is 1. The van der Waals surface area contributed by atoms with Gasteiger partial charge in [-0.3, -0.25) is 14.5 Å². The third-order valence-corrected chi connectivity index (χ3v) is 7.49. The van der Waals surface area contributed by atoms with Crippen molar-refractivity contribution in [2.24, 2.45) is 10.9 Å². The third-order valence-electron chi connectivity index (χ3n) is 7.49. The van der Waals surface area contributed by atoms with Crippen molar-refractivity contribution in [3.63, 3.8) is 0 Å². The molecule has 0 aromatic carbocycles.